The van der Waals surface area contributed by atoms with E-state index in [0.29, 0.717) is 17.7 Å². The molecule has 0 aliphatic heterocycles. The van der Waals surface area contributed by atoms with Crippen molar-refractivity contribution >= 4 is 22.7 Å². The summed E-state index contributed by atoms with van der Waals surface area (Å²) in [5.41, 5.74) is -0.961. The molecule has 0 atom stereocenters. The number of Topliss-reactive ketones (excluding diaryl/α,β-unsaturated/α-hetero) is 1. The van der Waals surface area contributed by atoms with Gasteiger partial charge in [-0.3, -0.25) is 4.79 Å². The minimum absolute atomic E-state index is 0.280. The standard InChI is InChI=1S/C14H12O6/c1-3-19-9-5-4-8-6-10(12(15)14(17)18-2)13(16)20-11(8)7-9/h4-7H,3H2,1-2H3. The maximum Gasteiger partial charge on any atom is 0.379 e. The van der Waals surface area contributed by atoms with Gasteiger partial charge in [0.05, 0.1) is 13.7 Å². The molecule has 6 heteroatoms. The molecule has 0 amide bonds. The zero-order valence-corrected chi connectivity index (χ0v) is 11.0. The van der Waals surface area contributed by atoms with Crippen molar-refractivity contribution in [2.45, 2.75) is 6.92 Å². The van der Waals surface area contributed by atoms with Crippen molar-refractivity contribution in [3.05, 3.63) is 40.2 Å². The number of benzene rings is 1. The molecule has 0 unspecified atom stereocenters. The number of methoxy groups -OCH3 is 1. The van der Waals surface area contributed by atoms with Crippen LogP contribution in [-0.2, 0) is 9.53 Å². The number of hydrogen-bond donors (Lipinski definition) is 0. The lowest BCUT2D eigenvalue weighted by molar-refractivity contribution is -0.135. The number of ketones is 1. The third-order valence-corrected chi connectivity index (χ3v) is 2.63. The third-order valence-electron chi connectivity index (χ3n) is 2.63. The van der Waals surface area contributed by atoms with Gasteiger partial charge in [0.2, 0.25) is 0 Å². The molecular formula is C14H12O6. The summed E-state index contributed by atoms with van der Waals surface area (Å²) in [6.07, 6.45) is 0. The van der Waals surface area contributed by atoms with Gasteiger partial charge in [0.15, 0.2) is 0 Å². The van der Waals surface area contributed by atoms with E-state index in [4.69, 9.17) is 9.15 Å². The summed E-state index contributed by atoms with van der Waals surface area (Å²) in [5.74, 6) is -1.59. The average molecular weight is 276 g/mol. The number of ether oxygens (including phenoxy) is 2. The molecule has 2 aromatic rings. The lowest BCUT2D eigenvalue weighted by Gasteiger charge is -2.04. The molecule has 0 bridgehead atoms. The van der Waals surface area contributed by atoms with Crippen LogP contribution in [0.1, 0.15) is 17.3 Å². The van der Waals surface area contributed by atoms with Crippen molar-refractivity contribution in [1.29, 1.82) is 0 Å². The summed E-state index contributed by atoms with van der Waals surface area (Å²) >= 11 is 0. The third kappa shape index (κ3) is 2.54. The Hall–Kier alpha value is -2.63. The Kier molecular flexibility index (Phi) is 3.84. The summed E-state index contributed by atoms with van der Waals surface area (Å²) in [6.45, 7) is 2.31. The highest BCUT2D eigenvalue weighted by molar-refractivity contribution is 6.40. The van der Waals surface area contributed by atoms with Gasteiger partial charge in [0.1, 0.15) is 16.9 Å². The maximum absolute atomic E-state index is 11.7. The Morgan fingerprint density at radius 1 is 1.25 bits per heavy atom. The monoisotopic (exact) mass is 276 g/mol. The minimum Gasteiger partial charge on any atom is -0.494 e. The quantitative estimate of drug-likeness (QED) is 0.364. The van der Waals surface area contributed by atoms with Crippen LogP contribution in [0.25, 0.3) is 11.0 Å². The van der Waals surface area contributed by atoms with Crippen LogP contribution in [0.2, 0.25) is 0 Å². The lowest BCUT2D eigenvalue weighted by atomic mass is 10.1. The van der Waals surface area contributed by atoms with Gasteiger partial charge < -0.3 is 13.9 Å². The van der Waals surface area contributed by atoms with Gasteiger partial charge in [0.25, 0.3) is 5.78 Å². The van der Waals surface area contributed by atoms with Gasteiger partial charge in [-0.25, -0.2) is 9.59 Å². The van der Waals surface area contributed by atoms with E-state index in [9.17, 15) is 14.4 Å². The molecule has 6 nitrogen and oxygen atoms in total. The van der Waals surface area contributed by atoms with E-state index in [1.807, 2.05) is 6.92 Å². The number of hydrogen-bond acceptors (Lipinski definition) is 6. The molecule has 20 heavy (non-hydrogen) atoms. The molecule has 0 radical (unpaired) electrons. The lowest BCUT2D eigenvalue weighted by Crippen LogP contribution is -2.22. The molecule has 0 fully saturated rings. The fourth-order valence-corrected chi connectivity index (χ4v) is 1.71. The van der Waals surface area contributed by atoms with Gasteiger partial charge >= 0.3 is 11.6 Å². The number of carbonyl (C=O) groups excluding carboxylic acids is 2. The van der Waals surface area contributed by atoms with Crippen LogP contribution in [0, 0.1) is 0 Å². The van der Waals surface area contributed by atoms with Crippen LogP contribution >= 0.6 is 0 Å². The predicted octanol–water partition coefficient (Wildman–Crippen LogP) is 1.55. The van der Waals surface area contributed by atoms with Crippen LogP contribution in [-0.4, -0.2) is 25.5 Å². The predicted molar refractivity (Wildman–Crippen MR) is 70.0 cm³/mol. The van der Waals surface area contributed by atoms with E-state index < -0.39 is 17.4 Å². The van der Waals surface area contributed by atoms with Crippen molar-refractivity contribution in [2.24, 2.45) is 0 Å². The van der Waals surface area contributed by atoms with Gasteiger partial charge in [-0.05, 0) is 25.1 Å². The van der Waals surface area contributed by atoms with Crippen molar-refractivity contribution < 1.29 is 23.5 Å². The number of carbonyl (C=O) groups is 2. The fourth-order valence-electron chi connectivity index (χ4n) is 1.71. The first-order valence-electron chi connectivity index (χ1n) is 5.90. The van der Waals surface area contributed by atoms with Crippen LogP contribution in [0.15, 0.2) is 33.5 Å². The van der Waals surface area contributed by atoms with E-state index in [1.54, 1.807) is 18.2 Å². The topological polar surface area (TPSA) is 82.8 Å². The molecule has 2 rings (SSSR count). The zero-order valence-electron chi connectivity index (χ0n) is 11.0. The molecule has 1 aromatic carbocycles. The molecule has 0 saturated heterocycles. The van der Waals surface area contributed by atoms with Crippen molar-refractivity contribution in [3.63, 3.8) is 0 Å². The van der Waals surface area contributed by atoms with Crippen LogP contribution < -0.4 is 10.4 Å². The fraction of sp³-hybridized carbons (Fsp3) is 0.214. The average Bonchev–Trinajstić information content (AvgIpc) is 2.45. The molecule has 0 aliphatic rings. The van der Waals surface area contributed by atoms with Crippen molar-refractivity contribution in [1.82, 2.24) is 0 Å². The summed E-state index contributed by atoms with van der Waals surface area (Å²) in [5, 5.41) is 0.514. The van der Waals surface area contributed by atoms with E-state index >= 15 is 0 Å². The van der Waals surface area contributed by atoms with Gasteiger partial charge in [-0.15, -0.1) is 0 Å². The Labute approximate surface area is 113 Å². The first-order valence-corrected chi connectivity index (χ1v) is 5.90. The zero-order chi connectivity index (χ0) is 14.7. The van der Waals surface area contributed by atoms with E-state index in [-0.39, 0.29) is 11.1 Å². The summed E-state index contributed by atoms with van der Waals surface area (Å²) in [6, 6.07) is 6.17. The minimum atomic E-state index is -1.11. The normalized spacial score (nSPS) is 10.3. The van der Waals surface area contributed by atoms with Gasteiger partial charge in [-0.2, -0.15) is 0 Å². The van der Waals surface area contributed by atoms with Crippen molar-refractivity contribution in [3.8, 4) is 5.75 Å². The van der Waals surface area contributed by atoms with Gasteiger partial charge in [0, 0.05) is 11.5 Å². The number of rotatable bonds is 4. The van der Waals surface area contributed by atoms with E-state index in [1.165, 1.54) is 6.07 Å². The Bertz CT molecular complexity index is 728. The summed E-state index contributed by atoms with van der Waals surface area (Å²) < 4.78 is 14.6. The maximum atomic E-state index is 11.7. The summed E-state index contributed by atoms with van der Waals surface area (Å²) in [7, 11) is 1.07. The highest BCUT2D eigenvalue weighted by Crippen LogP contribution is 2.20. The summed E-state index contributed by atoms with van der Waals surface area (Å²) in [4.78, 5) is 34.5. The molecule has 0 saturated carbocycles. The van der Waals surface area contributed by atoms with Crippen LogP contribution in [0.3, 0.4) is 0 Å². The Morgan fingerprint density at radius 2 is 2.00 bits per heavy atom. The molecule has 0 aliphatic carbocycles. The molecule has 1 heterocycles. The Morgan fingerprint density at radius 3 is 2.65 bits per heavy atom. The smallest absolute Gasteiger partial charge is 0.379 e. The van der Waals surface area contributed by atoms with Crippen molar-refractivity contribution in [2.75, 3.05) is 13.7 Å². The number of fused-ring (bicyclic) bond motifs is 1. The second-order valence-electron chi connectivity index (χ2n) is 3.90. The first kappa shape index (κ1) is 13.8. The molecule has 104 valence electrons. The largest absolute Gasteiger partial charge is 0.494 e. The SMILES string of the molecule is CCOc1ccc2cc(C(=O)C(=O)OC)c(=O)oc2c1. The molecule has 0 N–H and O–H groups in total. The molecule has 0 spiro atoms. The highest BCUT2D eigenvalue weighted by Gasteiger charge is 2.21. The number of esters is 1. The highest BCUT2D eigenvalue weighted by atomic mass is 16.5. The molecular weight excluding hydrogens is 264 g/mol. The second-order valence-corrected chi connectivity index (χ2v) is 3.90. The van der Waals surface area contributed by atoms with Crippen LogP contribution in [0.4, 0.5) is 0 Å². The Balaban J connectivity index is 2.53. The van der Waals surface area contributed by atoms with E-state index in [0.717, 1.165) is 7.11 Å². The molecule has 1 aromatic heterocycles. The second kappa shape index (κ2) is 5.56. The first-order chi connectivity index (χ1) is 9.56. The van der Waals surface area contributed by atoms with Gasteiger partial charge in [-0.1, -0.05) is 0 Å². The van der Waals surface area contributed by atoms with Crippen LogP contribution in [0.5, 0.6) is 5.75 Å². The van der Waals surface area contributed by atoms with E-state index in [2.05, 4.69) is 4.74 Å².